The van der Waals surface area contributed by atoms with Crippen molar-refractivity contribution in [3.05, 3.63) is 68.6 Å². The van der Waals surface area contributed by atoms with Gasteiger partial charge in [0.15, 0.2) is 5.78 Å². The lowest BCUT2D eigenvalue weighted by atomic mass is 9.94. The molecule has 0 radical (unpaired) electrons. The summed E-state index contributed by atoms with van der Waals surface area (Å²) in [5.74, 6) is -0.150. The fraction of sp³-hybridized carbons (Fsp3) is 0.481. The second-order valence-electron chi connectivity index (χ2n) is 10.4. The Labute approximate surface area is 205 Å². The fourth-order valence-electron chi connectivity index (χ4n) is 4.41. The third kappa shape index (κ3) is 5.81. The van der Waals surface area contributed by atoms with Gasteiger partial charge in [-0.3, -0.25) is 14.4 Å². The number of amides is 2. The Morgan fingerprint density at radius 3 is 2.57 bits per heavy atom. The molecule has 1 fully saturated rings. The molecule has 1 aromatic heterocycles. The lowest BCUT2D eigenvalue weighted by molar-refractivity contribution is 0.0223. The number of ketones is 1. The van der Waals surface area contributed by atoms with Gasteiger partial charge in [-0.1, -0.05) is 18.2 Å². The largest absolute Gasteiger partial charge is 0.444 e. The van der Waals surface area contributed by atoms with Gasteiger partial charge in [0.05, 0.1) is 6.54 Å². The van der Waals surface area contributed by atoms with E-state index < -0.39 is 17.1 Å². The van der Waals surface area contributed by atoms with E-state index in [0.29, 0.717) is 37.4 Å². The lowest BCUT2D eigenvalue weighted by Crippen LogP contribution is -2.40. The van der Waals surface area contributed by atoms with Crippen LogP contribution in [0.1, 0.15) is 77.4 Å². The van der Waals surface area contributed by atoms with Crippen LogP contribution in [-0.4, -0.2) is 46.4 Å². The number of fused-ring (bicyclic) bond motifs is 1. The van der Waals surface area contributed by atoms with Crippen molar-refractivity contribution in [1.29, 1.82) is 0 Å². The van der Waals surface area contributed by atoms with Crippen LogP contribution in [0, 0.1) is 5.92 Å². The van der Waals surface area contributed by atoms with E-state index in [1.54, 1.807) is 11.1 Å². The minimum absolute atomic E-state index is 0.0324. The van der Waals surface area contributed by atoms with Gasteiger partial charge in [0.25, 0.3) is 11.5 Å². The molecule has 2 heterocycles. The van der Waals surface area contributed by atoms with Gasteiger partial charge in [-0.2, -0.15) is 0 Å². The number of carbonyl (C=O) groups excluding carboxylic acids is 3. The van der Waals surface area contributed by atoms with Crippen LogP contribution in [0.3, 0.4) is 0 Å². The maximum Gasteiger partial charge on any atom is 0.410 e. The van der Waals surface area contributed by atoms with E-state index in [9.17, 15) is 19.2 Å². The molecule has 0 atom stereocenters. The predicted octanol–water partition coefficient (Wildman–Crippen LogP) is 3.53. The van der Waals surface area contributed by atoms with Crippen LogP contribution in [0.15, 0.2) is 35.3 Å². The summed E-state index contributed by atoms with van der Waals surface area (Å²) in [5.41, 5.74) is 2.37. The molecular weight excluding hydrogens is 446 g/mol. The first-order chi connectivity index (χ1) is 16.6. The van der Waals surface area contributed by atoms with Gasteiger partial charge in [0.1, 0.15) is 11.2 Å². The van der Waals surface area contributed by atoms with Crippen LogP contribution >= 0.6 is 0 Å². The van der Waals surface area contributed by atoms with Gasteiger partial charge < -0.3 is 19.5 Å². The molecule has 186 valence electrons. The Bertz CT molecular complexity index is 1220. The number of aromatic nitrogens is 1. The number of hydrogen-bond acceptors (Lipinski definition) is 5. The van der Waals surface area contributed by atoms with Crippen molar-refractivity contribution >= 4 is 17.8 Å². The molecule has 2 aromatic rings. The molecule has 1 aliphatic carbocycles. The Balaban J connectivity index is 1.63. The minimum atomic E-state index is -0.565. The second-order valence-corrected chi connectivity index (χ2v) is 10.4. The molecule has 2 aliphatic rings. The summed E-state index contributed by atoms with van der Waals surface area (Å²) in [4.78, 5) is 52.6. The maximum atomic E-state index is 13.1. The molecule has 4 rings (SSSR count). The molecule has 0 bridgehead atoms. The molecule has 35 heavy (non-hydrogen) atoms. The first-order valence-corrected chi connectivity index (χ1v) is 12.1. The quantitative estimate of drug-likeness (QED) is 0.639. The molecule has 0 spiro atoms. The van der Waals surface area contributed by atoms with E-state index in [-0.39, 0.29) is 24.0 Å². The minimum Gasteiger partial charge on any atom is -0.444 e. The molecule has 1 saturated carbocycles. The molecule has 1 aliphatic heterocycles. The average Bonchev–Trinajstić information content (AvgIpc) is 3.62. The molecule has 2 amide bonds. The molecule has 1 aromatic carbocycles. The van der Waals surface area contributed by atoms with Crippen molar-refractivity contribution in [2.75, 3.05) is 13.6 Å². The predicted molar refractivity (Wildman–Crippen MR) is 132 cm³/mol. The Morgan fingerprint density at radius 2 is 1.91 bits per heavy atom. The van der Waals surface area contributed by atoms with E-state index in [1.807, 2.05) is 39.0 Å². The number of ether oxygens (including phenoxy) is 1. The van der Waals surface area contributed by atoms with Crippen molar-refractivity contribution in [3.63, 3.8) is 0 Å². The van der Waals surface area contributed by atoms with Gasteiger partial charge in [-0.05, 0) is 68.7 Å². The summed E-state index contributed by atoms with van der Waals surface area (Å²) in [6.45, 7) is 6.70. The number of hydrogen-bond donors (Lipinski definition) is 1. The van der Waals surface area contributed by atoms with Crippen molar-refractivity contribution in [2.24, 2.45) is 5.92 Å². The third-order valence-electron chi connectivity index (χ3n) is 6.41. The average molecular weight is 480 g/mol. The summed E-state index contributed by atoms with van der Waals surface area (Å²) in [7, 11) is 1.47. The zero-order chi connectivity index (χ0) is 25.3. The number of nitrogens with zero attached hydrogens (tertiary/aromatic N) is 2. The van der Waals surface area contributed by atoms with Crippen LogP contribution in [-0.2, 0) is 24.2 Å². The van der Waals surface area contributed by atoms with E-state index in [2.05, 4.69) is 5.32 Å². The Morgan fingerprint density at radius 1 is 1.17 bits per heavy atom. The number of pyridine rings is 1. The summed E-state index contributed by atoms with van der Waals surface area (Å²) in [6, 6.07) is 7.25. The van der Waals surface area contributed by atoms with Gasteiger partial charge in [-0.15, -0.1) is 0 Å². The highest BCUT2D eigenvalue weighted by atomic mass is 16.6. The number of benzene rings is 1. The van der Waals surface area contributed by atoms with Gasteiger partial charge in [0.2, 0.25) is 0 Å². The fourth-order valence-corrected chi connectivity index (χ4v) is 4.41. The van der Waals surface area contributed by atoms with Crippen LogP contribution in [0.4, 0.5) is 4.79 Å². The summed E-state index contributed by atoms with van der Waals surface area (Å²) in [6.07, 6.45) is 4.39. The zero-order valence-corrected chi connectivity index (χ0v) is 20.8. The molecule has 8 nitrogen and oxygen atoms in total. The zero-order valence-electron chi connectivity index (χ0n) is 20.8. The van der Waals surface area contributed by atoms with Crippen LogP contribution in [0.2, 0.25) is 0 Å². The van der Waals surface area contributed by atoms with Crippen molar-refractivity contribution in [1.82, 2.24) is 14.8 Å². The standard InChI is InChI=1S/C27H33N3O5/c1-27(2,3)35-26(34)29-11-10-21-18(14-29)6-5-7-19(21)15-30-16-20(23(31)12-17-8-9-17)13-22(25(30)33)24(32)28-4/h5-7,13,16-17H,8-12,14-15H2,1-4H3,(H,28,32). The monoisotopic (exact) mass is 479 g/mol. The second kappa shape index (κ2) is 9.68. The van der Waals surface area contributed by atoms with Crippen LogP contribution < -0.4 is 10.9 Å². The van der Waals surface area contributed by atoms with Gasteiger partial charge in [0, 0.05) is 38.3 Å². The maximum absolute atomic E-state index is 13.1. The molecule has 8 heteroatoms. The highest BCUT2D eigenvalue weighted by Gasteiger charge is 2.28. The molecule has 1 N–H and O–H groups in total. The third-order valence-corrected chi connectivity index (χ3v) is 6.41. The number of rotatable bonds is 6. The first kappa shape index (κ1) is 24.7. The van der Waals surface area contributed by atoms with Crippen molar-refractivity contribution < 1.29 is 19.1 Å². The van der Waals surface area contributed by atoms with E-state index in [1.165, 1.54) is 17.7 Å². The highest BCUT2D eigenvalue weighted by molar-refractivity contribution is 6.00. The summed E-state index contributed by atoms with van der Waals surface area (Å²) in [5, 5.41) is 2.50. The van der Waals surface area contributed by atoms with E-state index in [0.717, 1.165) is 29.5 Å². The van der Waals surface area contributed by atoms with E-state index in [4.69, 9.17) is 4.74 Å². The summed E-state index contributed by atoms with van der Waals surface area (Å²) >= 11 is 0. The SMILES string of the molecule is CNC(=O)c1cc(C(=O)CC2CC2)cn(Cc2cccc3c2CCN(C(=O)OC(C)(C)C)C3)c1=O. The first-order valence-electron chi connectivity index (χ1n) is 12.1. The highest BCUT2D eigenvalue weighted by Crippen LogP contribution is 2.33. The molecule has 0 saturated heterocycles. The normalized spacial score (nSPS) is 15.4. The van der Waals surface area contributed by atoms with Gasteiger partial charge in [-0.25, -0.2) is 4.79 Å². The molecule has 0 unspecified atom stereocenters. The number of Topliss-reactive ketones (excluding diaryl/α,β-unsaturated/α-hetero) is 1. The topological polar surface area (TPSA) is 97.7 Å². The smallest absolute Gasteiger partial charge is 0.410 e. The van der Waals surface area contributed by atoms with Crippen molar-refractivity contribution in [3.8, 4) is 0 Å². The van der Waals surface area contributed by atoms with Gasteiger partial charge >= 0.3 is 6.09 Å². The van der Waals surface area contributed by atoms with Crippen molar-refractivity contribution in [2.45, 2.75) is 65.1 Å². The van der Waals surface area contributed by atoms with Crippen LogP contribution in [0.5, 0.6) is 0 Å². The Kier molecular flexibility index (Phi) is 6.83. The Hall–Kier alpha value is -3.42. The number of nitrogens with one attached hydrogen (secondary N) is 1. The van der Waals surface area contributed by atoms with E-state index >= 15 is 0 Å². The lowest BCUT2D eigenvalue weighted by Gasteiger charge is -2.32. The number of carbonyl (C=O) groups is 3. The summed E-state index contributed by atoms with van der Waals surface area (Å²) < 4.78 is 6.98. The molecular formula is C27H33N3O5. The van der Waals surface area contributed by atoms with Crippen LogP contribution in [0.25, 0.3) is 0 Å².